The zero-order valence-electron chi connectivity index (χ0n) is 17.6. The summed E-state index contributed by atoms with van der Waals surface area (Å²) >= 11 is 0. The Morgan fingerprint density at radius 1 is 1.21 bits per heavy atom. The highest BCUT2D eigenvalue weighted by atomic mass is 32.2. The van der Waals surface area contributed by atoms with Gasteiger partial charge in [-0.05, 0) is 43.9 Å². The summed E-state index contributed by atoms with van der Waals surface area (Å²) in [7, 11) is 0.298. The summed E-state index contributed by atoms with van der Waals surface area (Å²) in [6.07, 6.45) is 3.21. The van der Waals surface area contributed by atoms with Crippen LogP contribution in [0.1, 0.15) is 49.9 Å². The number of esters is 1. The van der Waals surface area contributed by atoms with Crippen LogP contribution in [0.25, 0.3) is 0 Å². The summed E-state index contributed by atoms with van der Waals surface area (Å²) in [5, 5.41) is 2.96. The van der Waals surface area contributed by atoms with Gasteiger partial charge in [0.2, 0.25) is 10.0 Å². The van der Waals surface area contributed by atoms with Crippen molar-refractivity contribution in [3.8, 4) is 5.75 Å². The molecule has 9 heteroatoms. The molecular formula is C20H30N2O6S. The molecule has 3 atom stereocenters. The average molecular weight is 427 g/mol. The van der Waals surface area contributed by atoms with E-state index in [0.717, 1.165) is 30.0 Å². The van der Waals surface area contributed by atoms with Gasteiger partial charge in [0.05, 0.1) is 12.7 Å². The molecule has 1 N–H and O–H groups in total. The van der Waals surface area contributed by atoms with Gasteiger partial charge in [-0.1, -0.05) is 19.8 Å². The first-order chi connectivity index (χ1) is 13.6. The molecule has 1 aromatic rings. The van der Waals surface area contributed by atoms with E-state index in [1.807, 2.05) is 0 Å². The standard InChI is InChI=1S/C20H30N2O6S/c1-13-8-6-7-9-16(13)21-19(23)14(2)28-20(24)15-10-11-17(27-5)18(12-15)29(25,26)22(3)4/h10-14,16H,6-9H2,1-5H3,(H,21,23)/t13-,14-,16-/m1/s1. The molecule has 0 saturated heterocycles. The second kappa shape index (κ2) is 9.58. The SMILES string of the molecule is COc1ccc(C(=O)O[C@H](C)C(=O)N[C@@H]2CCCC[C@H]2C)cc1S(=O)(=O)N(C)C. The third-order valence-electron chi connectivity index (χ3n) is 5.25. The molecule has 8 nitrogen and oxygen atoms in total. The van der Waals surface area contributed by atoms with Crippen molar-refractivity contribution in [1.29, 1.82) is 0 Å². The number of hydrogen-bond donors (Lipinski definition) is 1. The van der Waals surface area contributed by atoms with Crippen LogP contribution >= 0.6 is 0 Å². The van der Waals surface area contributed by atoms with Crippen LogP contribution in [0.2, 0.25) is 0 Å². The maximum Gasteiger partial charge on any atom is 0.338 e. The van der Waals surface area contributed by atoms with Crippen molar-refractivity contribution in [3.63, 3.8) is 0 Å². The van der Waals surface area contributed by atoms with E-state index < -0.39 is 22.1 Å². The van der Waals surface area contributed by atoms with Crippen LogP contribution < -0.4 is 10.1 Å². The number of carbonyl (C=O) groups excluding carboxylic acids is 2. The number of rotatable bonds is 7. The lowest BCUT2D eigenvalue weighted by Gasteiger charge is -2.30. The number of carbonyl (C=O) groups is 2. The molecule has 0 heterocycles. The normalized spacial score (nSPS) is 20.8. The van der Waals surface area contributed by atoms with Crippen LogP contribution in [0.15, 0.2) is 23.1 Å². The van der Waals surface area contributed by atoms with Gasteiger partial charge in [-0.3, -0.25) is 4.79 Å². The second-order valence-electron chi connectivity index (χ2n) is 7.58. The summed E-state index contributed by atoms with van der Waals surface area (Å²) in [6.45, 7) is 3.60. The van der Waals surface area contributed by atoms with E-state index in [0.29, 0.717) is 5.92 Å². The number of nitrogens with zero attached hydrogens (tertiary/aromatic N) is 1. The molecule has 29 heavy (non-hydrogen) atoms. The molecule has 1 aliphatic rings. The maximum atomic E-state index is 12.5. The number of hydrogen-bond acceptors (Lipinski definition) is 6. The monoisotopic (exact) mass is 426 g/mol. The fraction of sp³-hybridized carbons (Fsp3) is 0.600. The quantitative estimate of drug-likeness (QED) is 0.671. The van der Waals surface area contributed by atoms with Gasteiger partial charge >= 0.3 is 5.97 Å². The highest BCUT2D eigenvalue weighted by molar-refractivity contribution is 7.89. The van der Waals surface area contributed by atoms with Gasteiger partial charge < -0.3 is 14.8 Å². The fourth-order valence-electron chi connectivity index (χ4n) is 3.31. The average Bonchev–Trinajstić information content (AvgIpc) is 2.68. The largest absolute Gasteiger partial charge is 0.495 e. The molecule has 1 fully saturated rings. The van der Waals surface area contributed by atoms with Crippen LogP contribution in [-0.2, 0) is 19.6 Å². The van der Waals surface area contributed by atoms with Crippen LogP contribution in [0, 0.1) is 5.92 Å². The van der Waals surface area contributed by atoms with Crippen LogP contribution in [0.3, 0.4) is 0 Å². The Balaban J connectivity index is 2.12. The highest BCUT2D eigenvalue weighted by Crippen LogP contribution is 2.27. The number of benzene rings is 1. The van der Waals surface area contributed by atoms with E-state index >= 15 is 0 Å². The smallest absolute Gasteiger partial charge is 0.338 e. The molecule has 0 radical (unpaired) electrons. The van der Waals surface area contributed by atoms with E-state index in [9.17, 15) is 18.0 Å². The van der Waals surface area contributed by atoms with Crippen LogP contribution in [0.5, 0.6) is 5.75 Å². The summed E-state index contributed by atoms with van der Waals surface area (Å²) < 4.78 is 36.4. The Hall–Kier alpha value is -2.13. The van der Waals surface area contributed by atoms with Crippen molar-refractivity contribution in [2.24, 2.45) is 5.92 Å². The molecule has 0 spiro atoms. The van der Waals surface area contributed by atoms with E-state index in [1.165, 1.54) is 46.3 Å². The topological polar surface area (TPSA) is 102 Å². The van der Waals surface area contributed by atoms with E-state index in [2.05, 4.69) is 12.2 Å². The second-order valence-corrected chi connectivity index (χ2v) is 9.70. The van der Waals surface area contributed by atoms with Gasteiger partial charge in [-0.2, -0.15) is 0 Å². The van der Waals surface area contributed by atoms with Gasteiger partial charge in [0, 0.05) is 20.1 Å². The molecule has 1 aromatic carbocycles. The lowest BCUT2D eigenvalue weighted by atomic mass is 9.86. The first kappa shape index (κ1) is 23.2. The highest BCUT2D eigenvalue weighted by Gasteiger charge is 2.28. The Bertz CT molecular complexity index is 853. The molecule has 1 amide bonds. The van der Waals surface area contributed by atoms with Crippen molar-refractivity contribution in [2.45, 2.75) is 56.6 Å². The van der Waals surface area contributed by atoms with Crippen LogP contribution in [-0.4, -0.2) is 58.0 Å². The summed E-state index contributed by atoms with van der Waals surface area (Å²) in [4.78, 5) is 24.8. The zero-order valence-corrected chi connectivity index (χ0v) is 18.4. The Morgan fingerprint density at radius 3 is 2.45 bits per heavy atom. The molecule has 0 bridgehead atoms. The fourth-order valence-corrected chi connectivity index (χ4v) is 4.39. The van der Waals surface area contributed by atoms with Gasteiger partial charge in [0.25, 0.3) is 5.91 Å². The third kappa shape index (κ3) is 5.48. The first-order valence-corrected chi connectivity index (χ1v) is 11.1. The first-order valence-electron chi connectivity index (χ1n) is 9.69. The summed E-state index contributed by atoms with van der Waals surface area (Å²) in [5.74, 6) is -0.628. The van der Waals surface area contributed by atoms with Gasteiger partial charge in [0.15, 0.2) is 6.10 Å². The molecule has 0 aromatic heterocycles. The number of ether oxygens (including phenoxy) is 2. The van der Waals surface area contributed by atoms with Gasteiger partial charge in [-0.25, -0.2) is 17.5 Å². The lowest BCUT2D eigenvalue weighted by molar-refractivity contribution is -0.130. The van der Waals surface area contributed by atoms with Crippen molar-refractivity contribution in [1.82, 2.24) is 9.62 Å². The molecule has 1 saturated carbocycles. The Morgan fingerprint density at radius 2 is 1.86 bits per heavy atom. The van der Waals surface area contributed by atoms with Crippen molar-refractivity contribution in [2.75, 3.05) is 21.2 Å². The van der Waals surface area contributed by atoms with E-state index in [-0.39, 0.29) is 28.2 Å². The predicted molar refractivity (Wildman–Crippen MR) is 108 cm³/mol. The number of sulfonamides is 1. The molecular weight excluding hydrogens is 396 g/mol. The molecule has 1 aliphatic carbocycles. The van der Waals surface area contributed by atoms with Crippen molar-refractivity contribution < 1.29 is 27.5 Å². The van der Waals surface area contributed by atoms with Crippen LogP contribution in [0.4, 0.5) is 0 Å². The third-order valence-corrected chi connectivity index (χ3v) is 7.09. The van der Waals surface area contributed by atoms with Crippen molar-refractivity contribution in [3.05, 3.63) is 23.8 Å². The molecule has 162 valence electrons. The number of nitrogens with one attached hydrogen (secondary N) is 1. The zero-order chi connectivity index (χ0) is 21.8. The summed E-state index contributed by atoms with van der Waals surface area (Å²) in [6, 6.07) is 4.07. The molecule has 0 aliphatic heterocycles. The minimum Gasteiger partial charge on any atom is -0.495 e. The summed E-state index contributed by atoms with van der Waals surface area (Å²) in [5.41, 5.74) is 0.0249. The van der Waals surface area contributed by atoms with E-state index in [4.69, 9.17) is 9.47 Å². The molecule has 0 unspecified atom stereocenters. The Kier molecular flexibility index (Phi) is 7.65. The Labute approximate surface area is 172 Å². The van der Waals surface area contributed by atoms with E-state index in [1.54, 1.807) is 0 Å². The minimum atomic E-state index is -3.82. The predicted octanol–water partition coefficient (Wildman–Crippen LogP) is 2.19. The number of amides is 1. The van der Waals surface area contributed by atoms with Gasteiger partial charge in [0.1, 0.15) is 10.6 Å². The van der Waals surface area contributed by atoms with Crippen molar-refractivity contribution >= 4 is 21.9 Å². The maximum absolute atomic E-state index is 12.5. The lowest BCUT2D eigenvalue weighted by Crippen LogP contribution is -2.46. The molecule has 2 rings (SSSR count). The number of methoxy groups -OCH3 is 1. The minimum absolute atomic E-state index is 0.0249. The van der Waals surface area contributed by atoms with Gasteiger partial charge in [-0.15, -0.1) is 0 Å².